The molecule has 1 rings (SSSR count). The summed E-state index contributed by atoms with van der Waals surface area (Å²) in [6.45, 7) is 0. The minimum Gasteiger partial charge on any atom is -0.464 e. The number of rotatable bonds is 4. The Balaban J connectivity index is 2.86. The van der Waals surface area contributed by atoms with E-state index in [9.17, 15) is 14.0 Å². The predicted molar refractivity (Wildman–Crippen MR) is 61.5 cm³/mol. The Morgan fingerprint density at radius 2 is 1.61 bits per heavy atom. The van der Waals surface area contributed by atoms with Gasteiger partial charge >= 0.3 is 11.9 Å². The van der Waals surface area contributed by atoms with E-state index in [0.717, 1.165) is 14.2 Å². The van der Waals surface area contributed by atoms with Crippen molar-refractivity contribution < 1.29 is 23.5 Å². The summed E-state index contributed by atoms with van der Waals surface area (Å²) in [4.78, 5) is 22.5. The van der Waals surface area contributed by atoms with Gasteiger partial charge in [-0.05, 0) is 24.3 Å². The number of ether oxygens (including phenoxy) is 2. The normalized spacial score (nSPS) is 9.28. The molecule has 0 fully saturated rings. The second-order valence-corrected chi connectivity index (χ2v) is 3.06. The lowest BCUT2D eigenvalue weighted by Crippen LogP contribution is -2.27. The summed E-state index contributed by atoms with van der Waals surface area (Å²) in [6, 6.07) is 5.19. The van der Waals surface area contributed by atoms with E-state index in [1.54, 1.807) is 0 Å². The van der Waals surface area contributed by atoms with Gasteiger partial charge in [-0.3, -0.25) is 5.43 Å². The first-order valence-corrected chi connectivity index (χ1v) is 4.84. The summed E-state index contributed by atoms with van der Waals surface area (Å²) in [5, 5.41) is 3.56. The van der Waals surface area contributed by atoms with Crippen LogP contribution in [0.1, 0.15) is 0 Å². The van der Waals surface area contributed by atoms with E-state index in [1.807, 2.05) is 0 Å². The molecule has 0 unspecified atom stereocenters. The summed E-state index contributed by atoms with van der Waals surface area (Å²) in [5.41, 5.74) is 2.29. The second kappa shape index (κ2) is 6.33. The molecule has 6 nitrogen and oxygen atoms in total. The number of hydrazone groups is 1. The van der Waals surface area contributed by atoms with E-state index in [4.69, 9.17) is 0 Å². The fourth-order valence-electron chi connectivity index (χ4n) is 1.01. The van der Waals surface area contributed by atoms with Gasteiger partial charge in [-0.25, -0.2) is 14.0 Å². The summed E-state index contributed by atoms with van der Waals surface area (Å²) < 4.78 is 21.4. The molecule has 0 aliphatic carbocycles. The number of anilines is 1. The van der Waals surface area contributed by atoms with Gasteiger partial charge < -0.3 is 9.47 Å². The number of hydrogen-bond acceptors (Lipinski definition) is 6. The molecule has 0 saturated carbocycles. The monoisotopic (exact) mass is 254 g/mol. The van der Waals surface area contributed by atoms with Gasteiger partial charge in [0.05, 0.1) is 19.9 Å². The van der Waals surface area contributed by atoms with Gasteiger partial charge in [0, 0.05) is 0 Å². The molecule has 7 heteroatoms. The number of methoxy groups -OCH3 is 2. The third kappa shape index (κ3) is 3.55. The second-order valence-electron chi connectivity index (χ2n) is 3.06. The van der Waals surface area contributed by atoms with Gasteiger partial charge in [0.2, 0.25) is 0 Å². The first-order chi connectivity index (χ1) is 8.58. The number of nitrogens with zero attached hydrogens (tertiary/aromatic N) is 1. The number of halogens is 1. The molecule has 0 bridgehead atoms. The summed E-state index contributed by atoms with van der Waals surface area (Å²) in [5.74, 6) is -2.28. The van der Waals surface area contributed by atoms with E-state index in [1.165, 1.54) is 24.3 Å². The standard InChI is InChI=1S/C11H11FN2O4/c1-17-10(15)9(11(16)18-2)14-13-8-5-3-7(12)4-6-8/h3-6,13H,1-2H3. The van der Waals surface area contributed by atoms with Gasteiger partial charge in [0.15, 0.2) is 0 Å². The van der Waals surface area contributed by atoms with E-state index in [-0.39, 0.29) is 0 Å². The number of benzene rings is 1. The molecule has 0 spiro atoms. The highest BCUT2D eigenvalue weighted by molar-refractivity contribution is 6.62. The van der Waals surface area contributed by atoms with E-state index >= 15 is 0 Å². The maximum absolute atomic E-state index is 12.6. The van der Waals surface area contributed by atoms with Gasteiger partial charge in [-0.2, -0.15) is 5.10 Å². The first kappa shape index (κ1) is 13.6. The quantitative estimate of drug-likeness (QED) is 0.374. The molecule has 0 aliphatic heterocycles. The predicted octanol–water partition coefficient (Wildman–Crippen LogP) is 0.940. The van der Waals surface area contributed by atoms with E-state index in [0.29, 0.717) is 5.69 Å². The number of hydrogen-bond donors (Lipinski definition) is 1. The smallest absolute Gasteiger partial charge is 0.366 e. The summed E-state index contributed by atoms with van der Waals surface area (Å²) >= 11 is 0. The molecule has 0 aliphatic rings. The largest absolute Gasteiger partial charge is 0.464 e. The minimum absolute atomic E-state index is 0.404. The van der Waals surface area contributed by atoms with Gasteiger partial charge in [0.25, 0.3) is 5.71 Å². The van der Waals surface area contributed by atoms with Crippen LogP contribution in [0.3, 0.4) is 0 Å². The van der Waals surface area contributed by atoms with Crippen LogP contribution in [0.2, 0.25) is 0 Å². The van der Waals surface area contributed by atoms with Crippen molar-refractivity contribution >= 4 is 23.3 Å². The van der Waals surface area contributed by atoms with Crippen molar-refractivity contribution in [3.63, 3.8) is 0 Å². The van der Waals surface area contributed by atoms with Crippen molar-refractivity contribution in [3.05, 3.63) is 30.1 Å². The Labute approximate surface area is 102 Å². The van der Waals surface area contributed by atoms with Crippen molar-refractivity contribution in [1.29, 1.82) is 0 Å². The molecule has 0 atom stereocenters. The molecule has 0 radical (unpaired) electrons. The zero-order valence-electron chi connectivity index (χ0n) is 9.77. The van der Waals surface area contributed by atoms with Crippen molar-refractivity contribution in [1.82, 2.24) is 0 Å². The molecule has 0 aromatic heterocycles. The molecule has 0 amide bonds. The minimum atomic E-state index is -0.934. The van der Waals surface area contributed by atoms with Crippen molar-refractivity contribution in [3.8, 4) is 0 Å². The van der Waals surface area contributed by atoms with Gasteiger partial charge in [-0.15, -0.1) is 0 Å². The number of nitrogens with one attached hydrogen (secondary N) is 1. The third-order valence-corrected chi connectivity index (χ3v) is 1.90. The highest BCUT2D eigenvalue weighted by Crippen LogP contribution is 2.08. The highest BCUT2D eigenvalue weighted by Gasteiger charge is 2.22. The molecule has 18 heavy (non-hydrogen) atoms. The van der Waals surface area contributed by atoms with Crippen LogP contribution in [0.5, 0.6) is 0 Å². The SMILES string of the molecule is COC(=O)C(=NNc1ccc(F)cc1)C(=O)OC. The Bertz CT molecular complexity index is 452. The van der Waals surface area contributed by atoms with Crippen LogP contribution in [-0.2, 0) is 19.1 Å². The molecule has 96 valence electrons. The van der Waals surface area contributed by atoms with Crippen LogP contribution < -0.4 is 5.43 Å². The third-order valence-electron chi connectivity index (χ3n) is 1.90. The average Bonchev–Trinajstić information content (AvgIpc) is 2.40. The Morgan fingerprint density at radius 1 is 1.11 bits per heavy atom. The number of esters is 2. The van der Waals surface area contributed by atoms with Gasteiger partial charge in [-0.1, -0.05) is 0 Å². The fraction of sp³-hybridized carbons (Fsp3) is 0.182. The Hall–Kier alpha value is -2.44. The molecular formula is C11H11FN2O4. The zero-order chi connectivity index (χ0) is 13.5. The van der Waals surface area contributed by atoms with E-state index in [2.05, 4.69) is 20.0 Å². The van der Waals surface area contributed by atoms with Crippen LogP contribution in [-0.4, -0.2) is 31.9 Å². The molecular weight excluding hydrogens is 243 g/mol. The van der Waals surface area contributed by atoms with Crippen LogP contribution in [0.15, 0.2) is 29.4 Å². The molecule has 0 heterocycles. The Morgan fingerprint density at radius 3 is 2.06 bits per heavy atom. The molecule has 1 N–H and O–H groups in total. The van der Waals surface area contributed by atoms with Crippen LogP contribution in [0.4, 0.5) is 10.1 Å². The lowest BCUT2D eigenvalue weighted by molar-refractivity contribution is -0.138. The average molecular weight is 254 g/mol. The fourth-order valence-corrected chi connectivity index (χ4v) is 1.01. The molecule has 1 aromatic rings. The highest BCUT2D eigenvalue weighted by atomic mass is 19.1. The maximum atomic E-state index is 12.6. The molecule has 1 aromatic carbocycles. The lowest BCUT2D eigenvalue weighted by atomic mass is 10.3. The number of carbonyl (C=O) groups is 2. The van der Waals surface area contributed by atoms with Crippen LogP contribution >= 0.6 is 0 Å². The van der Waals surface area contributed by atoms with Gasteiger partial charge in [0.1, 0.15) is 5.82 Å². The van der Waals surface area contributed by atoms with Crippen molar-refractivity contribution in [2.75, 3.05) is 19.6 Å². The van der Waals surface area contributed by atoms with Crippen LogP contribution in [0.25, 0.3) is 0 Å². The first-order valence-electron chi connectivity index (χ1n) is 4.84. The zero-order valence-corrected chi connectivity index (χ0v) is 9.77. The van der Waals surface area contributed by atoms with E-state index < -0.39 is 23.5 Å². The van der Waals surface area contributed by atoms with Crippen molar-refractivity contribution in [2.24, 2.45) is 5.10 Å². The van der Waals surface area contributed by atoms with Crippen LogP contribution in [0, 0.1) is 5.82 Å². The summed E-state index contributed by atoms with van der Waals surface area (Å²) in [7, 11) is 2.22. The summed E-state index contributed by atoms with van der Waals surface area (Å²) in [6.07, 6.45) is 0. The maximum Gasteiger partial charge on any atom is 0.366 e. The Kier molecular flexibility index (Phi) is 4.79. The number of carbonyl (C=O) groups excluding carboxylic acids is 2. The lowest BCUT2D eigenvalue weighted by Gasteiger charge is -2.04. The molecule has 0 saturated heterocycles. The van der Waals surface area contributed by atoms with Crippen molar-refractivity contribution in [2.45, 2.75) is 0 Å². The topological polar surface area (TPSA) is 77.0 Å².